The molecule has 32 heavy (non-hydrogen) atoms. The quantitative estimate of drug-likeness (QED) is 0.476. The van der Waals surface area contributed by atoms with Crippen molar-refractivity contribution in [1.29, 1.82) is 0 Å². The molecule has 7 nitrogen and oxygen atoms in total. The van der Waals surface area contributed by atoms with Crippen LogP contribution in [-0.2, 0) is 14.2 Å². The normalized spacial score (nSPS) is 41.4. The Kier molecular flexibility index (Phi) is 6.06. The first-order valence-electron chi connectivity index (χ1n) is 12.6. The Morgan fingerprint density at radius 1 is 1.16 bits per heavy atom. The molecule has 1 amide bonds. The summed E-state index contributed by atoms with van der Waals surface area (Å²) in [5.41, 5.74) is 1.13. The van der Waals surface area contributed by atoms with Crippen LogP contribution in [0.1, 0.15) is 65.7 Å². The van der Waals surface area contributed by atoms with Crippen LogP contribution in [0.4, 0.5) is 4.79 Å². The molecule has 0 aromatic heterocycles. The molecule has 0 bridgehead atoms. The lowest BCUT2D eigenvalue weighted by Crippen LogP contribution is -2.51. The third-order valence-corrected chi connectivity index (χ3v) is 8.38. The molecule has 4 heterocycles. The number of rotatable bonds is 7. The monoisotopic (exact) mass is 448 g/mol. The second kappa shape index (κ2) is 8.57. The summed E-state index contributed by atoms with van der Waals surface area (Å²) in [6, 6.07) is 0. The van der Waals surface area contributed by atoms with Crippen LogP contribution < -0.4 is 0 Å². The zero-order chi connectivity index (χ0) is 22.5. The lowest BCUT2D eigenvalue weighted by molar-refractivity contribution is 0.00515. The van der Waals surface area contributed by atoms with Crippen molar-refractivity contribution in [1.82, 2.24) is 9.80 Å². The van der Waals surface area contributed by atoms with Crippen molar-refractivity contribution in [2.45, 2.75) is 101 Å². The summed E-state index contributed by atoms with van der Waals surface area (Å²) in [7, 11) is 0. The zero-order valence-electron chi connectivity index (χ0n) is 19.9. The Hall–Kier alpha value is -1.15. The van der Waals surface area contributed by atoms with Crippen LogP contribution in [0.25, 0.3) is 0 Å². The molecule has 1 unspecified atom stereocenters. The highest BCUT2D eigenvalue weighted by atomic mass is 16.7. The van der Waals surface area contributed by atoms with Crippen molar-refractivity contribution >= 4 is 6.09 Å². The standard InChI is InChI=1S/C25H40N2O5/c1-17(2)4-5-21-24(3,31-21)22-25(32-22)10-6-20(7-11-25)30-23(29)27-14-18(15-27)8-12-26-13-9-19(28)16-26/h4,18-22,28H,5-16H2,1-3H3/t19-,20?,21-,22?,24-,25?/m1/s1. The Bertz CT molecular complexity index is 739. The van der Waals surface area contributed by atoms with E-state index in [2.05, 4.69) is 31.7 Å². The molecular weight excluding hydrogens is 408 g/mol. The van der Waals surface area contributed by atoms with E-state index < -0.39 is 0 Å². The number of hydrogen-bond acceptors (Lipinski definition) is 6. The molecule has 5 aliphatic rings. The largest absolute Gasteiger partial charge is 0.446 e. The number of amides is 1. The summed E-state index contributed by atoms with van der Waals surface area (Å²) >= 11 is 0. The van der Waals surface area contributed by atoms with Gasteiger partial charge in [0.2, 0.25) is 0 Å². The fourth-order valence-corrected chi connectivity index (χ4v) is 6.04. The predicted octanol–water partition coefficient (Wildman–Crippen LogP) is 3.11. The number of hydrogen-bond donors (Lipinski definition) is 1. The number of carbonyl (C=O) groups excluding carboxylic acids is 1. The van der Waals surface area contributed by atoms with E-state index in [9.17, 15) is 9.90 Å². The number of epoxide rings is 2. The molecule has 180 valence electrons. The van der Waals surface area contributed by atoms with Gasteiger partial charge in [0.05, 0.1) is 17.8 Å². The minimum absolute atomic E-state index is 0.0116. The highest BCUT2D eigenvalue weighted by molar-refractivity contribution is 5.68. The van der Waals surface area contributed by atoms with E-state index in [1.54, 1.807) is 0 Å². The van der Waals surface area contributed by atoms with Gasteiger partial charge in [-0.2, -0.15) is 0 Å². The molecule has 1 spiro atoms. The Morgan fingerprint density at radius 3 is 2.56 bits per heavy atom. The molecular formula is C25H40N2O5. The fraction of sp³-hybridized carbons (Fsp3) is 0.880. The Morgan fingerprint density at radius 2 is 1.91 bits per heavy atom. The summed E-state index contributed by atoms with van der Waals surface area (Å²) < 4.78 is 18.1. The molecule has 4 atom stereocenters. The summed E-state index contributed by atoms with van der Waals surface area (Å²) in [5, 5.41) is 9.62. The molecule has 0 aromatic carbocycles. The van der Waals surface area contributed by atoms with Crippen LogP contribution in [0.2, 0.25) is 0 Å². The molecule has 4 saturated heterocycles. The highest BCUT2D eigenvalue weighted by Crippen LogP contribution is 2.60. The fourth-order valence-electron chi connectivity index (χ4n) is 6.04. The Labute approximate surface area is 192 Å². The van der Waals surface area contributed by atoms with Gasteiger partial charge in [-0.3, -0.25) is 0 Å². The highest BCUT2D eigenvalue weighted by Gasteiger charge is 2.73. The number of allylic oxidation sites excluding steroid dienone is 1. The summed E-state index contributed by atoms with van der Waals surface area (Å²) in [5.74, 6) is 0.564. The molecule has 5 rings (SSSR count). The molecule has 1 N–H and O–H groups in total. The van der Waals surface area contributed by atoms with Crippen LogP contribution in [0, 0.1) is 5.92 Å². The van der Waals surface area contributed by atoms with Gasteiger partial charge < -0.3 is 29.1 Å². The van der Waals surface area contributed by atoms with E-state index in [-0.39, 0.29) is 41.7 Å². The topological polar surface area (TPSA) is 78.1 Å². The lowest BCUT2D eigenvalue weighted by atomic mass is 9.80. The van der Waals surface area contributed by atoms with E-state index in [0.29, 0.717) is 5.92 Å². The minimum atomic E-state index is -0.155. The number of nitrogens with zero attached hydrogens (tertiary/aromatic N) is 2. The van der Waals surface area contributed by atoms with Gasteiger partial charge in [0.1, 0.15) is 17.8 Å². The van der Waals surface area contributed by atoms with E-state index >= 15 is 0 Å². The number of β-amino-alcohol motifs (C(OH)–C–C–N with tert-alkyl or cyclic N) is 1. The predicted molar refractivity (Wildman–Crippen MR) is 120 cm³/mol. The molecule has 0 radical (unpaired) electrons. The van der Waals surface area contributed by atoms with Crippen LogP contribution in [0.15, 0.2) is 11.6 Å². The van der Waals surface area contributed by atoms with E-state index in [1.807, 2.05) is 4.90 Å². The Balaban J connectivity index is 0.985. The van der Waals surface area contributed by atoms with Gasteiger partial charge in [-0.1, -0.05) is 11.6 Å². The third kappa shape index (κ3) is 4.59. The van der Waals surface area contributed by atoms with Crippen molar-refractivity contribution in [3.8, 4) is 0 Å². The van der Waals surface area contributed by atoms with Crippen molar-refractivity contribution in [2.75, 3.05) is 32.7 Å². The second-order valence-electron chi connectivity index (χ2n) is 11.3. The maximum absolute atomic E-state index is 12.5. The first kappa shape index (κ1) is 22.6. The van der Waals surface area contributed by atoms with Crippen LogP contribution in [0.3, 0.4) is 0 Å². The molecule has 5 fully saturated rings. The maximum atomic E-state index is 12.5. The van der Waals surface area contributed by atoms with Gasteiger partial charge >= 0.3 is 6.09 Å². The number of aliphatic hydroxyl groups is 1. The zero-order valence-corrected chi connectivity index (χ0v) is 19.9. The van der Waals surface area contributed by atoms with Crippen molar-refractivity contribution < 1.29 is 24.1 Å². The van der Waals surface area contributed by atoms with Crippen LogP contribution >= 0.6 is 0 Å². The smallest absolute Gasteiger partial charge is 0.410 e. The van der Waals surface area contributed by atoms with Crippen LogP contribution in [-0.4, -0.2) is 89.3 Å². The molecule has 4 aliphatic heterocycles. The summed E-state index contributed by atoms with van der Waals surface area (Å²) in [6.07, 6.45) is 9.03. The SMILES string of the molecule is CC(C)=CC[C@H]1O[C@@]1(C)C1OC12CCC(OC(=O)N1CC(CCN3CC[C@@H](O)C3)C1)CC2. The van der Waals surface area contributed by atoms with E-state index in [1.165, 1.54) is 5.57 Å². The second-order valence-corrected chi connectivity index (χ2v) is 11.3. The average Bonchev–Trinajstić information content (AvgIpc) is 3.55. The summed E-state index contributed by atoms with van der Waals surface area (Å²) in [4.78, 5) is 16.7. The van der Waals surface area contributed by atoms with Crippen molar-refractivity contribution in [2.24, 2.45) is 5.92 Å². The first-order valence-corrected chi connectivity index (χ1v) is 12.6. The molecule has 7 heteroatoms. The van der Waals surface area contributed by atoms with Gasteiger partial charge in [-0.05, 0) is 78.2 Å². The van der Waals surface area contributed by atoms with Gasteiger partial charge in [0.25, 0.3) is 0 Å². The third-order valence-electron chi connectivity index (χ3n) is 8.38. The lowest BCUT2D eigenvalue weighted by Gasteiger charge is -2.40. The molecule has 0 aromatic rings. The maximum Gasteiger partial charge on any atom is 0.410 e. The molecule has 1 saturated carbocycles. The van der Waals surface area contributed by atoms with Crippen molar-refractivity contribution in [3.63, 3.8) is 0 Å². The van der Waals surface area contributed by atoms with Gasteiger partial charge in [0, 0.05) is 26.2 Å². The van der Waals surface area contributed by atoms with E-state index in [0.717, 1.165) is 77.7 Å². The molecule has 1 aliphatic carbocycles. The van der Waals surface area contributed by atoms with Crippen molar-refractivity contribution in [3.05, 3.63) is 11.6 Å². The average molecular weight is 449 g/mol. The number of carbonyl (C=O) groups is 1. The number of aliphatic hydroxyl groups excluding tert-OH is 1. The number of likely N-dealkylation sites (tertiary alicyclic amines) is 2. The van der Waals surface area contributed by atoms with Gasteiger partial charge in [-0.25, -0.2) is 4.79 Å². The minimum Gasteiger partial charge on any atom is -0.446 e. The summed E-state index contributed by atoms with van der Waals surface area (Å²) in [6.45, 7) is 10.9. The van der Waals surface area contributed by atoms with Gasteiger partial charge in [-0.15, -0.1) is 0 Å². The van der Waals surface area contributed by atoms with Crippen LogP contribution in [0.5, 0.6) is 0 Å². The van der Waals surface area contributed by atoms with Gasteiger partial charge in [0.15, 0.2) is 0 Å². The van der Waals surface area contributed by atoms with E-state index in [4.69, 9.17) is 14.2 Å². The first-order chi connectivity index (χ1) is 15.3. The number of ether oxygens (including phenoxy) is 3.